The zero-order chi connectivity index (χ0) is 16.1. The molecule has 0 aliphatic carbocycles. The Balaban J connectivity index is 1.54. The molecule has 1 fully saturated rings. The molecule has 2 aliphatic rings. The van der Waals surface area contributed by atoms with Gasteiger partial charge in [0.15, 0.2) is 11.5 Å². The van der Waals surface area contributed by atoms with Crippen molar-refractivity contribution in [1.82, 2.24) is 4.90 Å². The van der Waals surface area contributed by atoms with E-state index in [1.54, 1.807) is 12.1 Å². The lowest BCUT2D eigenvalue weighted by Crippen LogP contribution is -2.43. The minimum Gasteiger partial charge on any atom is -0.454 e. The zero-order valence-corrected chi connectivity index (χ0v) is 12.9. The summed E-state index contributed by atoms with van der Waals surface area (Å²) >= 11 is 0. The van der Waals surface area contributed by atoms with E-state index >= 15 is 0 Å². The summed E-state index contributed by atoms with van der Waals surface area (Å²) in [7, 11) is 0. The predicted octanol–water partition coefficient (Wildman–Crippen LogP) is 2.31. The Kier molecular flexibility index (Phi) is 4.89. The van der Waals surface area contributed by atoms with Crippen molar-refractivity contribution in [3.8, 4) is 23.8 Å². The summed E-state index contributed by atoms with van der Waals surface area (Å²) in [6.45, 7) is 2.57. The molecular formula is C17H20N2O4. The lowest BCUT2D eigenvalue weighted by atomic mass is 9.99. The van der Waals surface area contributed by atoms with E-state index in [9.17, 15) is 4.79 Å². The molecule has 1 aromatic rings. The first-order valence-electron chi connectivity index (χ1n) is 7.73. The van der Waals surface area contributed by atoms with Gasteiger partial charge in [0, 0.05) is 30.8 Å². The van der Waals surface area contributed by atoms with Crippen molar-refractivity contribution in [1.29, 1.82) is 0 Å². The molecule has 122 valence electrons. The lowest BCUT2D eigenvalue weighted by Gasteiger charge is -2.32. The fraction of sp³-hybridized carbons (Fsp3) is 0.471. The van der Waals surface area contributed by atoms with Crippen molar-refractivity contribution in [3.63, 3.8) is 0 Å². The molecule has 6 heteroatoms. The number of carbonyl (C=O) groups excluding carboxylic acids is 1. The number of nitrogens with zero attached hydrogens (tertiary/aromatic N) is 1. The molecule has 2 amide bonds. The number of hydrogen-bond donors (Lipinski definition) is 1. The van der Waals surface area contributed by atoms with E-state index in [0.717, 1.165) is 19.4 Å². The second-order valence-corrected chi connectivity index (χ2v) is 5.67. The standard InChI is InChI=1S/C17H20N2O4/c1-2-8-21-11-13-4-3-7-19(10-13)17(20)18-14-5-6-15-16(9-14)23-12-22-15/h1,5-6,9,13H,3-4,7-8,10-12H2,(H,18,20). The third-order valence-corrected chi connectivity index (χ3v) is 3.97. The molecule has 1 unspecified atom stereocenters. The van der Waals surface area contributed by atoms with Crippen molar-refractivity contribution in [2.75, 3.05) is 38.4 Å². The van der Waals surface area contributed by atoms with Crippen LogP contribution in [0.3, 0.4) is 0 Å². The number of likely N-dealkylation sites (tertiary alicyclic amines) is 1. The van der Waals surface area contributed by atoms with Gasteiger partial charge in [-0.05, 0) is 25.0 Å². The van der Waals surface area contributed by atoms with Crippen LogP contribution in [0, 0.1) is 18.3 Å². The van der Waals surface area contributed by atoms with Gasteiger partial charge in [-0.3, -0.25) is 0 Å². The normalized spacial score (nSPS) is 19.3. The topological polar surface area (TPSA) is 60.0 Å². The molecule has 23 heavy (non-hydrogen) atoms. The maximum Gasteiger partial charge on any atom is 0.321 e. The molecule has 0 saturated carbocycles. The van der Waals surface area contributed by atoms with Crippen molar-refractivity contribution in [3.05, 3.63) is 18.2 Å². The number of urea groups is 1. The Morgan fingerprint density at radius 2 is 2.30 bits per heavy atom. The third kappa shape index (κ3) is 3.88. The number of benzene rings is 1. The van der Waals surface area contributed by atoms with E-state index in [0.29, 0.717) is 42.9 Å². The van der Waals surface area contributed by atoms with E-state index in [4.69, 9.17) is 20.6 Å². The van der Waals surface area contributed by atoms with E-state index in [1.165, 1.54) is 0 Å². The number of hydrogen-bond acceptors (Lipinski definition) is 4. The van der Waals surface area contributed by atoms with Crippen LogP contribution < -0.4 is 14.8 Å². The van der Waals surface area contributed by atoms with Gasteiger partial charge in [0.25, 0.3) is 0 Å². The largest absolute Gasteiger partial charge is 0.454 e. The zero-order valence-electron chi connectivity index (χ0n) is 12.9. The highest BCUT2D eigenvalue weighted by atomic mass is 16.7. The van der Waals surface area contributed by atoms with Gasteiger partial charge in [-0.15, -0.1) is 6.42 Å². The monoisotopic (exact) mass is 316 g/mol. The fourth-order valence-electron chi connectivity index (χ4n) is 2.85. The van der Waals surface area contributed by atoms with Crippen LogP contribution in [-0.4, -0.2) is 44.0 Å². The molecule has 2 aliphatic heterocycles. The van der Waals surface area contributed by atoms with Gasteiger partial charge in [0.05, 0.1) is 6.61 Å². The predicted molar refractivity (Wildman–Crippen MR) is 85.5 cm³/mol. The molecule has 1 atom stereocenters. The Hall–Kier alpha value is -2.39. The maximum absolute atomic E-state index is 12.4. The Morgan fingerprint density at radius 1 is 1.43 bits per heavy atom. The number of fused-ring (bicyclic) bond motifs is 1. The van der Waals surface area contributed by atoms with Gasteiger partial charge in [-0.1, -0.05) is 5.92 Å². The number of amides is 2. The Morgan fingerprint density at radius 3 is 3.17 bits per heavy atom. The van der Waals surface area contributed by atoms with Gasteiger partial charge >= 0.3 is 6.03 Å². The molecule has 0 radical (unpaired) electrons. The molecule has 6 nitrogen and oxygen atoms in total. The smallest absolute Gasteiger partial charge is 0.321 e. The van der Waals surface area contributed by atoms with Crippen LogP contribution in [0.25, 0.3) is 0 Å². The van der Waals surface area contributed by atoms with Crippen LogP contribution in [-0.2, 0) is 4.74 Å². The molecule has 2 heterocycles. The second-order valence-electron chi connectivity index (χ2n) is 5.67. The molecule has 1 aromatic carbocycles. The average Bonchev–Trinajstić information content (AvgIpc) is 3.03. The van der Waals surface area contributed by atoms with Crippen molar-refractivity contribution in [2.45, 2.75) is 12.8 Å². The number of carbonyl (C=O) groups is 1. The third-order valence-electron chi connectivity index (χ3n) is 3.97. The van der Waals surface area contributed by atoms with Gasteiger partial charge in [-0.2, -0.15) is 0 Å². The summed E-state index contributed by atoms with van der Waals surface area (Å²) in [5.74, 6) is 4.15. The first kappa shape index (κ1) is 15.5. The first-order valence-corrected chi connectivity index (χ1v) is 7.73. The molecule has 0 aromatic heterocycles. The minimum absolute atomic E-state index is 0.106. The highest BCUT2D eigenvalue weighted by Crippen LogP contribution is 2.34. The summed E-state index contributed by atoms with van der Waals surface area (Å²) in [4.78, 5) is 14.2. The highest BCUT2D eigenvalue weighted by molar-refractivity contribution is 5.89. The molecule has 0 bridgehead atoms. The van der Waals surface area contributed by atoms with Gasteiger partial charge in [0.2, 0.25) is 6.79 Å². The van der Waals surface area contributed by atoms with E-state index < -0.39 is 0 Å². The SMILES string of the molecule is C#CCOCC1CCCN(C(=O)Nc2ccc3c(c2)OCO3)C1. The Bertz CT molecular complexity index is 611. The van der Waals surface area contributed by atoms with Crippen LogP contribution in [0.5, 0.6) is 11.5 Å². The van der Waals surface area contributed by atoms with Crippen LogP contribution >= 0.6 is 0 Å². The lowest BCUT2D eigenvalue weighted by molar-refractivity contribution is 0.0883. The highest BCUT2D eigenvalue weighted by Gasteiger charge is 2.24. The molecule has 1 saturated heterocycles. The average molecular weight is 316 g/mol. The van der Waals surface area contributed by atoms with Crippen molar-refractivity contribution in [2.24, 2.45) is 5.92 Å². The number of anilines is 1. The van der Waals surface area contributed by atoms with Gasteiger partial charge < -0.3 is 24.4 Å². The van der Waals surface area contributed by atoms with Crippen LogP contribution in [0.1, 0.15) is 12.8 Å². The number of piperidine rings is 1. The summed E-state index contributed by atoms with van der Waals surface area (Å²) in [6.07, 6.45) is 7.20. The number of ether oxygens (including phenoxy) is 3. The number of terminal acetylenes is 1. The summed E-state index contributed by atoms with van der Waals surface area (Å²) < 4.78 is 16.0. The quantitative estimate of drug-likeness (QED) is 0.684. The van der Waals surface area contributed by atoms with Crippen LogP contribution in [0.15, 0.2) is 18.2 Å². The van der Waals surface area contributed by atoms with Gasteiger partial charge in [0.1, 0.15) is 6.61 Å². The second kappa shape index (κ2) is 7.25. The van der Waals surface area contributed by atoms with E-state index in [2.05, 4.69) is 11.2 Å². The summed E-state index contributed by atoms with van der Waals surface area (Å²) in [6, 6.07) is 5.27. The van der Waals surface area contributed by atoms with Crippen LogP contribution in [0.4, 0.5) is 10.5 Å². The maximum atomic E-state index is 12.4. The van der Waals surface area contributed by atoms with E-state index in [-0.39, 0.29) is 12.8 Å². The molecule has 3 rings (SSSR count). The molecule has 1 N–H and O–H groups in total. The minimum atomic E-state index is -0.106. The molecular weight excluding hydrogens is 296 g/mol. The van der Waals surface area contributed by atoms with Crippen molar-refractivity contribution < 1.29 is 19.0 Å². The first-order chi connectivity index (χ1) is 11.3. The van der Waals surface area contributed by atoms with Gasteiger partial charge in [-0.25, -0.2) is 4.79 Å². The fourth-order valence-corrected chi connectivity index (χ4v) is 2.85. The van der Waals surface area contributed by atoms with Crippen LogP contribution in [0.2, 0.25) is 0 Å². The summed E-state index contributed by atoms with van der Waals surface area (Å²) in [5.41, 5.74) is 0.699. The number of rotatable bonds is 4. The Labute approximate surface area is 135 Å². The summed E-state index contributed by atoms with van der Waals surface area (Å²) in [5, 5.41) is 2.91. The molecule has 0 spiro atoms. The van der Waals surface area contributed by atoms with E-state index in [1.807, 2.05) is 11.0 Å². The van der Waals surface area contributed by atoms with Crippen molar-refractivity contribution >= 4 is 11.7 Å². The number of nitrogens with one attached hydrogen (secondary N) is 1.